The molecule has 2 bridgehead atoms. The van der Waals surface area contributed by atoms with Crippen LogP contribution in [0, 0.1) is 5.82 Å². The summed E-state index contributed by atoms with van der Waals surface area (Å²) in [6, 6.07) is 10.6. The minimum Gasteiger partial charge on any atom is -0.451 e. The molecule has 2 aromatic rings. The Kier molecular flexibility index (Phi) is 3.22. The Labute approximate surface area is 127 Å². The van der Waals surface area contributed by atoms with Crippen LogP contribution in [0.2, 0.25) is 0 Å². The molecule has 2 aliphatic rings. The SMILES string of the molecule is O=C(NC1CC2CCC1N2)c1ccc(-c2cccc(F)c2)o1. The third kappa shape index (κ3) is 2.41. The second kappa shape index (κ2) is 5.25. The summed E-state index contributed by atoms with van der Waals surface area (Å²) in [5.41, 5.74) is 0.626. The van der Waals surface area contributed by atoms with E-state index in [2.05, 4.69) is 10.6 Å². The molecule has 0 radical (unpaired) electrons. The van der Waals surface area contributed by atoms with Gasteiger partial charge in [0.1, 0.15) is 11.6 Å². The number of hydrogen-bond donors (Lipinski definition) is 2. The number of carbonyl (C=O) groups is 1. The van der Waals surface area contributed by atoms with Crippen molar-refractivity contribution in [2.45, 2.75) is 37.4 Å². The van der Waals surface area contributed by atoms with Crippen molar-refractivity contribution in [1.29, 1.82) is 0 Å². The van der Waals surface area contributed by atoms with Gasteiger partial charge in [0.05, 0.1) is 0 Å². The lowest BCUT2D eigenvalue weighted by atomic mass is 9.95. The lowest BCUT2D eigenvalue weighted by Gasteiger charge is -2.20. The van der Waals surface area contributed by atoms with Crippen LogP contribution < -0.4 is 10.6 Å². The van der Waals surface area contributed by atoms with Crippen molar-refractivity contribution in [2.24, 2.45) is 0 Å². The van der Waals surface area contributed by atoms with Gasteiger partial charge in [0, 0.05) is 23.7 Å². The van der Waals surface area contributed by atoms with Crippen LogP contribution in [0.1, 0.15) is 29.8 Å². The van der Waals surface area contributed by atoms with E-state index in [0.717, 1.165) is 12.8 Å². The molecule has 2 fully saturated rings. The highest BCUT2D eigenvalue weighted by Gasteiger charge is 2.39. The van der Waals surface area contributed by atoms with E-state index < -0.39 is 0 Å². The molecule has 3 unspecified atom stereocenters. The standard InChI is InChI=1S/C17H17FN2O2/c18-11-3-1-2-10(8-11)15-6-7-16(22-15)17(21)20-14-9-12-4-5-13(14)19-12/h1-3,6-8,12-14,19H,4-5,9H2,(H,20,21). The van der Waals surface area contributed by atoms with E-state index in [4.69, 9.17) is 4.42 Å². The maximum Gasteiger partial charge on any atom is 0.287 e. The number of amides is 1. The normalized spacial score (nSPS) is 26.3. The van der Waals surface area contributed by atoms with E-state index in [-0.39, 0.29) is 23.5 Å². The van der Waals surface area contributed by atoms with Crippen LogP contribution >= 0.6 is 0 Å². The van der Waals surface area contributed by atoms with Crippen molar-refractivity contribution in [3.8, 4) is 11.3 Å². The van der Waals surface area contributed by atoms with Crippen LogP contribution in [0.3, 0.4) is 0 Å². The average molecular weight is 300 g/mol. The van der Waals surface area contributed by atoms with Crippen molar-refractivity contribution in [3.05, 3.63) is 48.0 Å². The van der Waals surface area contributed by atoms with Crippen molar-refractivity contribution < 1.29 is 13.6 Å². The van der Waals surface area contributed by atoms with Crippen molar-refractivity contribution in [2.75, 3.05) is 0 Å². The predicted octanol–water partition coefficient (Wildman–Crippen LogP) is 2.71. The van der Waals surface area contributed by atoms with Crippen LogP contribution in [0.25, 0.3) is 11.3 Å². The summed E-state index contributed by atoms with van der Waals surface area (Å²) in [7, 11) is 0. The van der Waals surface area contributed by atoms with E-state index in [9.17, 15) is 9.18 Å². The number of carbonyl (C=O) groups excluding carboxylic acids is 1. The largest absolute Gasteiger partial charge is 0.451 e. The van der Waals surface area contributed by atoms with Crippen LogP contribution in [0.4, 0.5) is 4.39 Å². The summed E-state index contributed by atoms with van der Waals surface area (Å²) in [6.45, 7) is 0. The summed E-state index contributed by atoms with van der Waals surface area (Å²) >= 11 is 0. The van der Waals surface area contributed by atoms with Gasteiger partial charge in [-0.3, -0.25) is 4.79 Å². The van der Waals surface area contributed by atoms with Gasteiger partial charge >= 0.3 is 0 Å². The van der Waals surface area contributed by atoms with Crippen LogP contribution in [-0.4, -0.2) is 24.0 Å². The molecule has 1 aromatic carbocycles. The summed E-state index contributed by atoms with van der Waals surface area (Å²) in [5, 5.41) is 6.52. The number of rotatable bonds is 3. The molecule has 4 nitrogen and oxygen atoms in total. The van der Waals surface area contributed by atoms with E-state index in [1.807, 2.05) is 0 Å². The third-order valence-corrected chi connectivity index (χ3v) is 4.56. The molecule has 3 atom stereocenters. The summed E-state index contributed by atoms with van der Waals surface area (Å²) in [5.74, 6) is 0.229. The minimum atomic E-state index is -0.326. The smallest absolute Gasteiger partial charge is 0.287 e. The Bertz CT molecular complexity index is 712. The Morgan fingerprint density at radius 2 is 2.18 bits per heavy atom. The Morgan fingerprint density at radius 1 is 1.27 bits per heavy atom. The molecule has 3 heterocycles. The first kappa shape index (κ1) is 13.5. The Hall–Kier alpha value is -2.14. The first-order valence-electron chi connectivity index (χ1n) is 7.62. The summed E-state index contributed by atoms with van der Waals surface area (Å²) in [4.78, 5) is 12.3. The Morgan fingerprint density at radius 3 is 2.91 bits per heavy atom. The van der Waals surface area contributed by atoms with Gasteiger partial charge in [-0.05, 0) is 43.5 Å². The fraction of sp³-hybridized carbons (Fsp3) is 0.353. The second-order valence-corrected chi connectivity index (χ2v) is 6.04. The fourth-order valence-corrected chi connectivity index (χ4v) is 3.48. The van der Waals surface area contributed by atoms with E-state index in [1.165, 1.54) is 18.6 Å². The van der Waals surface area contributed by atoms with Crippen LogP contribution in [0.15, 0.2) is 40.8 Å². The molecule has 0 spiro atoms. The topological polar surface area (TPSA) is 54.3 Å². The Balaban J connectivity index is 1.48. The van der Waals surface area contributed by atoms with Crippen molar-refractivity contribution in [3.63, 3.8) is 0 Å². The zero-order valence-electron chi connectivity index (χ0n) is 12.0. The zero-order valence-corrected chi connectivity index (χ0v) is 12.0. The monoisotopic (exact) mass is 300 g/mol. The third-order valence-electron chi connectivity index (χ3n) is 4.56. The molecule has 5 heteroatoms. The minimum absolute atomic E-state index is 0.175. The highest BCUT2D eigenvalue weighted by atomic mass is 19.1. The molecular weight excluding hydrogens is 283 g/mol. The molecule has 1 aromatic heterocycles. The first-order valence-corrected chi connectivity index (χ1v) is 7.62. The molecule has 0 saturated carbocycles. The number of halogens is 1. The van der Waals surface area contributed by atoms with Gasteiger partial charge in [0.15, 0.2) is 5.76 Å². The molecule has 1 amide bonds. The highest BCUT2D eigenvalue weighted by Crippen LogP contribution is 2.29. The molecular formula is C17H17FN2O2. The summed E-state index contributed by atoms with van der Waals surface area (Å²) in [6.07, 6.45) is 3.29. The zero-order chi connectivity index (χ0) is 15.1. The summed E-state index contributed by atoms with van der Waals surface area (Å²) < 4.78 is 18.8. The van der Waals surface area contributed by atoms with Gasteiger partial charge in [0.25, 0.3) is 5.91 Å². The number of fused-ring (bicyclic) bond motifs is 2. The van der Waals surface area contributed by atoms with Crippen LogP contribution in [0.5, 0.6) is 0 Å². The lowest BCUT2D eigenvalue weighted by Crippen LogP contribution is -2.42. The van der Waals surface area contributed by atoms with E-state index in [1.54, 1.807) is 24.3 Å². The van der Waals surface area contributed by atoms with Gasteiger partial charge in [-0.15, -0.1) is 0 Å². The van der Waals surface area contributed by atoms with Gasteiger partial charge in [-0.25, -0.2) is 4.39 Å². The van der Waals surface area contributed by atoms with Gasteiger partial charge in [-0.1, -0.05) is 12.1 Å². The van der Waals surface area contributed by atoms with Gasteiger partial charge in [-0.2, -0.15) is 0 Å². The molecule has 4 rings (SSSR count). The van der Waals surface area contributed by atoms with E-state index in [0.29, 0.717) is 23.4 Å². The maximum atomic E-state index is 13.2. The maximum absolute atomic E-state index is 13.2. The molecule has 2 N–H and O–H groups in total. The first-order chi connectivity index (χ1) is 10.7. The number of furan rings is 1. The second-order valence-electron chi connectivity index (χ2n) is 6.04. The molecule has 2 saturated heterocycles. The average Bonchev–Trinajstić information content (AvgIpc) is 3.23. The quantitative estimate of drug-likeness (QED) is 0.916. The van der Waals surface area contributed by atoms with Gasteiger partial charge < -0.3 is 15.1 Å². The number of benzene rings is 1. The lowest BCUT2D eigenvalue weighted by molar-refractivity contribution is 0.0903. The van der Waals surface area contributed by atoms with Crippen molar-refractivity contribution in [1.82, 2.24) is 10.6 Å². The predicted molar refractivity (Wildman–Crippen MR) is 79.9 cm³/mol. The van der Waals surface area contributed by atoms with Gasteiger partial charge in [0.2, 0.25) is 0 Å². The van der Waals surface area contributed by atoms with E-state index >= 15 is 0 Å². The number of hydrogen-bond acceptors (Lipinski definition) is 3. The van der Waals surface area contributed by atoms with Crippen molar-refractivity contribution >= 4 is 5.91 Å². The molecule has 0 aliphatic carbocycles. The molecule has 114 valence electrons. The number of nitrogens with one attached hydrogen (secondary N) is 2. The fourth-order valence-electron chi connectivity index (χ4n) is 3.48. The van der Waals surface area contributed by atoms with Crippen LogP contribution in [-0.2, 0) is 0 Å². The molecule has 2 aliphatic heterocycles. The molecule has 22 heavy (non-hydrogen) atoms. The highest BCUT2D eigenvalue weighted by molar-refractivity contribution is 5.92.